The van der Waals surface area contributed by atoms with Gasteiger partial charge in [-0.2, -0.15) is 0 Å². The molecule has 102 valence electrons. The van der Waals surface area contributed by atoms with Crippen molar-refractivity contribution in [3.05, 3.63) is 29.6 Å². The van der Waals surface area contributed by atoms with E-state index in [1.54, 1.807) is 6.07 Å². The Morgan fingerprint density at radius 2 is 1.83 bits per heavy atom. The largest absolute Gasteiger partial charge is 0.497 e. The van der Waals surface area contributed by atoms with Gasteiger partial charge in [-0.1, -0.05) is 6.07 Å². The van der Waals surface area contributed by atoms with Crippen LogP contribution in [0.1, 0.15) is 5.56 Å². The number of aliphatic hydroxyl groups excluding tert-OH is 3. The fourth-order valence-corrected chi connectivity index (χ4v) is 1.40. The average Bonchev–Trinajstić information content (AvgIpc) is 2.42. The summed E-state index contributed by atoms with van der Waals surface area (Å²) in [6, 6.07) is 4.40. The molecule has 1 rings (SSSR count). The van der Waals surface area contributed by atoms with Gasteiger partial charge >= 0.3 is 0 Å². The molecule has 0 saturated heterocycles. The van der Waals surface area contributed by atoms with Crippen molar-refractivity contribution >= 4 is 0 Å². The normalized spacial score (nSPS) is 11.6. The molecule has 4 N–H and O–H groups in total. The van der Waals surface area contributed by atoms with Gasteiger partial charge in [0.05, 0.1) is 32.5 Å². The van der Waals surface area contributed by atoms with Gasteiger partial charge in [-0.25, -0.2) is 4.39 Å². The van der Waals surface area contributed by atoms with Gasteiger partial charge in [-0.15, -0.1) is 0 Å². The molecule has 0 bridgehead atoms. The SMILES string of the molecule is COc1ccc(CNC(CO)(CO)CO)c(F)c1. The van der Waals surface area contributed by atoms with Gasteiger partial charge in [-0.05, 0) is 6.07 Å². The zero-order valence-corrected chi connectivity index (χ0v) is 10.2. The van der Waals surface area contributed by atoms with Gasteiger partial charge in [0, 0.05) is 18.2 Å². The van der Waals surface area contributed by atoms with Crippen molar-refractivity contribution in [1.82, 2.24) is 5.32 Å². The minimum absolute atomic E-state index is 0.0809. The van der Waals surface area contributed by atoms with Crippen LogP contribution in [0.4, 0.5) is 4.39 Å². The molecule has 1 aromatic carbocycles. The summed E-state index contributed by atoms with van der Waals surface area (Å²) in [4.78, 5) is 0. The highest BCUT2D eigenvalue weighted by atomic mass is 19.1. The summed E-state index contributed by atoms with van der Waals surface area (Å²) in [7, 11) is 1.45. The van der Waals surface area contributed by atoms with Crippen molar-refractivity contribution in [3.63, 3.8) is 0 Å². The Bertz CT molecular complexity index is 374. The highest BCUT2D eigenvalue weighted by molar-refractivity contribution is 5.28. The number of methoxy groups -OCH3 is 1. The molecule has 0 heterocycles. The fraction of sp³-hybridized carbons (Fsp3) is 0.500. The molecule has 0 radical (unpaired) electrons. The number of hydrogen-bond donors (Lipinski definition) is 4. The van der Waals surface area contributed by atoms with E-state index in [2.05, 4.69) is 5.32 Å². The monoisotopic (exact) mass is 259 g/mol. The van der Waals surface area contributed by atoms with Crippen LogP contribution in [0.3, 0.4) is 0 Å². The van der Waals surface area contributed by atoms with E-state index < -0.39 is 31.2 Å². The Hall–Kier alpha value is -1.21. The minimum atomic E-state index is -1.22. The second kappa shape index (κ2) is 6.65. The van der Waals surface area contributed by atoms with E-state index in [0.717, 1.165) is 0 Å². The third-order valence-corrected chi connectivity index (χ3v) is 2.82. The van der Waals surface area contributed by atoms with Crippen LogP contribution >= 0.6 is 0 Å². The second-order valence-electron chi connectivity index (χ2n) is 4.07. The van der Waals surface area contributed by atoms with Crippen LogP contribution in [-0.2, 0) is 6.54 Å². The maximum atomic E-state index is 13.6. The number of hydrogen-bond acceptors (Lipinski definition) is 5. The molecule has 5 nitrogen and oxygen atoms in total. The summed E-state index contributed by atoms with van der Waals surface area (Å²) in [6.45, 7) is -1.26. The van der Waals surface area contributed by atoms with Crippen molar-refractivity contribution < 1.29 is 24.4 Å². The minimum Gasteiger partial charge on any atom is -0.497 e. The van der Waals surface area contributed by atoms with Crippen LogP contribution in [0, 0.1) is 5.82 Å². The third-order valence-electron chi connectivity index (χ3n) is 2.82. The van der Waals surface area contributed by atoms with Crippen molar-refractivity contribution in [2.24, 2.45) is 0 Å². The molecular weight excluding hydrogens is 241 g/mol. The van der Waals surface area contributed by atoms with Crippen LogP contribution in [0.2, 0.25) is 0 Å². The molecule has 0 saturated carbocycles. The van der Waals surface area contributed by atoms with E-state index in [4.69, 9.17) is 20.1 Å². The molecule has 18 heavy (non-hydrogen) atoms. The van der Waals surface area contributed by atoms with Gasteiger partial charge < -0.3 is 25.4 Å². The number of aliphatic hydroxyl groups is 3. The van der Waals surface area contributed by atoms with Gasteiger partial charge in [0.2, 0.25) is 0 Å². The third kappa shape index (κ3) is 3.39. The average molecular weight is 259 g/mol. The number of rotatable bonds is 7. The van der Waals surface area contributed by atoms with Crippen molar-refractivity contribution in [2.45, 2.75) is 12.1 Å². The predicted molar refractivity (Wildman–Crippen MR) is 63.8 cm³/mol. The Morgan fingerprint density at radius 1 is 1.22 bits per heavy atom. The lowest BCUT2D eigenvalue weighted by atomic mass is 10.0. The lowest BCUT2D eigenvalue weighted by molar-refractivity contribution is 0.0412. The van der Waals surface area contributed by atoms with Crippen LogP contribution in [0.15, 0.2) is 18.2 Å². The molecule has 0 atom stereocenters. The summed E-state index contributed by atoms with van der Waals surface area (Å²) >= 11 is 0. The van der Waals surface area contributed by atoms with E-state index in [1.165, 1.54) is 19.2 Å². The van der Waals surface area contributed by atoms with Crippen molar-refractivity contribution in [2.75, 3.05) is 26.9 Å². The first kappa shape index (κ1) is 14.8. The van der Waals surface area contributed by atoms with Gasteiger partial charge in [0.1, 0.15) is 11.6 Å². The Kier molecular flexibility index (Phi) is 5.49. The van der Waals surface area contributed by atoms with Crippen LogP contribution < -0.4 is 10.1 Å². The molecule has 0 amide bonds. The highest BCUT2D eigenvalue weighted by Crippen LogP contribution is 2.16. The standard InChI is InChI=1S/C12H18FNO4/c1-18-10-3-2-9(11(13)4-10)5-14-12(6-15,7-16)8-17/h2-4,14-17H,5-8H2,1H3. The molecule has 0 aliphatic carbocycles. The van der Waals surface area contributed by atoms with Gasteiger partial charge in [0.15, 0.2) is 0 Å². The van der Waals surface area contributed by atoms with Crippen molar-refractivity contribution in [3.8, 4) is 5.75 Å². The maximum Gasteiger partial charge on any atom is 0.131 e. The molecule has 0 aliphatic heterocycles. The fourth-order valence-electron chi connectivity index (χ4n) is 1.40. The lowest BCUT2D eigenvalue weighted by Gasteiger charge is -2.28. The summed E-state index contributed by atoms with van der Waals surface area (Å²) in [5.41, 5.74) is -0.859. The van der Waals surface area contributed by atoms with E-state index in [0.29, 0.717) is 11.3 Å². The van der Waals surface area contributed by atoms with E-state index in [1.807, 2.05) is 0 Å². The molecule has 1 aromatic rings. The first-order valence-corrected chi connectivity index (χ1v) is 5.51. The Morgan fingerprint density at radius 3 is 2.28 bits per heavy atom. The van der Waals surface area contributed by atoms with Crippen LogP contribution in [0.5, 0.6) is 5.75 Å². The number of halogens is 1. The molecular formula is C12H18FNO4. The number of nitrogens with one attached hydrogen (secondary N) is 1. The summed E-state index contributed by atoms with van der Waals surface area (Å²) in [5, 5.41) is 30.1. The van der Waals surface area contributed by atoms with E-state index in [9.17, 15) is 4.39 Å². The van der Waals surface area contributed by atoms with E-state index in [-0.39, 0.29) is 6.54 Å². The summed E-state index contributed by atoms with van der Waals surface area (Å²) < 4.78 is 18.5. The lowest BCUT2D eigenvalue weighted by Crippen LogP contribution is -2.54. The molecule has 0 fully saturated rings. The molecule has 0 aliphatic rings. The molecule has 0 spiro atoms. The topological polar surface area (TPSA) is 82.0 Å². The number of benzene rings is 1. The summed E-state index contributed by atoms with van der Waals surface area (Å²) in [5.74, 6) is -0.0430. The zero-order valence-electron chi connectivity index (χ0n) is 10.2. The summed E-state index contributed by atoms with van der Waals surface area (Å²) in [6.07, 6.45) is 0. The Labute approximate surface area is 105 Å². The van der Waals surface area contributed by atoms with Gasteiger partial charge in [0.25, 0.3) is 0 Å². The molecule has 0 unspecified atom stereocenters. The van der Waals surface area contributed by atoms with Crippen LogP contribution in [-0.4, -0.2) is 47.8 Å². The number of ether oxygens (including phenoxy) is 1. The first-order chi connectivity index (χ1) is 8.60. The molecule has 6 heteroatoms. The maximum absolute atomic E-state index is 13.6. The predicted octanol–water partition coefficient (Wildman–Crippen LogP) is -0.360. The smallest absolute Gasteiger partial charge is 0.131 e. The van der Waals surface area contributed by atoms with Crippen LogP contribution in [0.25, 0.3) is 0 Å². The second-order valence-corrected chi connectivity index (χ2v) is 4.07. The molecule has 0 aromatic heterocycles. The van der Waals surface area contributed by atoms with E-state index >= 15 is 0 Å². The Balaban J connectivity index is 2.73. The first-order valence-electron chi connectivity index (χ1n) is 5.51. The quantitative estimate of drug-likeness (QED) is 0.537. The van der Waals surface area contributed by atoms with Gasteiger partial charge in [-0.3, -0.25) is 0 Å². The highest BCUT2D eigenvalue weighted by Gasteiger charge is 2.27. The van der Waals surface area contributed by atoms with Crippen molar-refractivity contribution in [1.29, 1.82) is 0 Å². The zero-order chi connectivity index (χ0) is 13.6.